The van der Waals surface area contributed by atoms with Crippen molar-refractivity contribution in [1.82, 2.24) is 15.0 Å². The molecule has 1 aromatic heterocycles. The molecule has 0 saturated heterocycles. The minimum Gasteiger partial charge on any atom is -0.238 e. The largest absolute Gasteiger partial charge is 0.291 e. The number of alkyl halides is 2. The average Bonchev–Trinajstić information content (AvgIpc) is 2.80. The van der Waals surface area contributed by atoms with Crippen LogP contribution in [0.2, 0.25) is 0 Å². The Balaban J connectivity index is 2.38. The molecule has 1 heterocycles. The van der Waals surface area contributed by atoms with Crippen LogP contribution < -0.4 is 0 Å². The molecule has 1 aliphatic rings. The summed E-state index contributed by atoms with van der Waals surface area (Å²) in [4.78, 5) is 0. The van der Waals surface area contributed by atoms with Gasteiger partial charge in [-0.1, -0.05) is 25.5 Å². The Kier molecular flexibility index (Phi) is 4.41. The molecule has 5 heteroatoms. The zero-order chi connectivity index (χ0) is 15.8. The normalized spacial score (nSPS) is 24.0. The van der Waals surface area contributed by atoms with Gasteiger partial charge in [0.1, 0.15) is 5.69 Å². The average molecular weight is 299 g/mol. The van der Waals surface area contributed by atoms with Gasteiger partial charge in [0.25, 0.3) is 5.92 Å². The van der Waals surface area contributed by atoms with Crippen molar-refractivity contribution in [3.05, 3.63) is 11.4 Å². The van der Waals surface area contributed by atoms with Crippen molar-refractivity contribution in [3.8, 4) is 0 Å². The van der Waals surface area contributed by atoms with Gasteiger partial charge in [0.15, 0.2) is 0 Å². The van der Waals surface area contributed by atoms with E-state index in [9.17, 15) is 8.78 Å². The lowest BCUT2D eigenvalue weighted by Gasteiger charge is -2.30. The standard InChI is InChI=1S/C16H27F2N3/c1-6-11(2)12-7-8-13-14(16(17,18)10-9-12)21(20-19-13)15(3,4)5/h11-12H,6-10H2,1-5H3. The third-order valence-electron chi connectivity index (χ3n) is 4.75. The fourth-order valence-electron chi connectivity index (χ4n) is 3.17. The molecule has 3 nitrogen and oxygen atoms in total. The lowest BCUT2D eigenvalue weighted by atomic mass is 9.81. The number of rotatable bonds is 2. The van der Waals surface area contributed by atoms with Crippen LogP contribution in [0.4, 0.5) is 8.78 Å². The highest BCUT2D eigenvalue weighted by Crippen LogP contribution is 2.42. The maximum absolute atomic E-state index is 14.7. The topological polar surface area (TPSA) is 30.7 Å². The van der Waals surface area contributed by atoms with E-state index in [1.165, 1.54) is 4.68 Å². The molecule has 0 aromatic carbocycles. The van der Waals surface area contributed by atoms with E-state index in [4.69, 9.17) is 0 Å². The first-order valence-electron chi connectivity index (χ1n) is 8.00. The zero-order valence-electron chi connectivity index (χ0n) is 13.8. The molecule has 0 bridgehead atoms. The molecule has 0 fully saturated rings. The number of halogens is 2. The summed E-state index contributed by atoms with van der Waals surface area (Å²) >= 11 is 0. The molecule has 0 radical (unpaired) electrons. The predicted molar refractivity (Wildman–Crippen MR) is 79.4 cm³/mol. The summed E-state index contributed by atoms with van der Waals surface area (Å²) in [5, 5.41) is 8.10. The number of aromatic nitrogens is 3. The van der Waals surface area contributed by atoms with E-state index in [1.807, 2.05) is 20.8 Å². The molecular formula is C16H27F2N3. The molecule has 0 aliphatic heterocycles. The van der Waals surface area contributed by atoms with Crippen LogP contribution in [0.25, 0.3) is 0 Å². The van der Waals surface area contributed by atoms with Crippen LogP contribution in [0.1, 0.15) is 71.7 Å². The van der Waals surface area contributed by atoms with Crippen molar-refractivity contribution in [3.63, 3.8) is 0 Å². The van der Waals surface area contributed by atoms with E-state index in [0.29, 0.717) is 30.4 Å². The van der Waals surface area contributed by atoms with E-state index < -0.39 is 11.5 Å². The third-order valence-corrected chi connectivity index (χ3v) is 4.75. The van der Waals surface area contributed by atoms with Gasteiger partial charge in [-0.2, -0.15) is 8.78 Å². The Labute approximate surface area is 126 Å². The summed E-state index contributed by atoms with van der Waals surface area (Å²) in [7, 11) is 0. The molecule has 0 N–H and O–H groups in total. The first-order chi connectivity index (χ1) is 9.66. The van der Waals surface area contributed by atoms with Crippen molar-refractivity contribution in [2.75, 3.05) is 0 Å². The van der Waals surface area contributed by atoms with Gasteiger partial charge < -0.3 is 0 Å². The lowest BCUT2D eigenvalue weighted by molar-refractivity contribution is -0.0364. The van der Waals surface area contributed by atoms with Gasteiger partial charge in [0.2, 0.25) is 0 Å². The molecule has 0 amide bonds. The molecule has 2 rings (SSSR count). The molecule has 0 spiro atoms. The maximum atomic E-state index is 14.7. The summed E-state index contributed by atoms with van der Waals surface area (Å²) in [5.41, 5.74) is 0.0554. The maximum Gasteiger partial charge on any atom is 0.291 e. The van der Waals surface area contributed by atoms with Gasteiger partial charge in [-0.3, -0.25) is 0 Å². The lowest BCUT2D eigenvalue weighted by Crippen LogP contribution is -2.32. The highest BCUT2D eigenvalue weighted by Gasteiger charge is 2.43. The molecule has 120 valence electrons. The third kappa shape index (κ3) is 3.27. The number of hydrogen-bond donors (Lipinski definition) is 0. The Morgan fingerprint density at radius 1 is 1.33 bits per heavy atom. The van der Waals surface area contributed by atoms with Crippen molar-refractivity contribution >= 4 is 0 Å². The zero-order valence-corrected chi connectivity index (χ0v) is 13.8. The minimum absolute atomic E-state index is 0.0394. The Hall–Kier alpha value is -1.00. The van der Waals surface area contributed by atoms with Crippen LogP contribution in [0.15, 0.2) is 0 Å². The summed E-state index contributed by atoms with van der Waals surface area (Å²) in [6.07, 6.45) is 3.06. The number of nitrogens with zero attached hydrogens (tertiary/aromatic N) is 3. The summed E-state index contributed by atoms with van der Waals surface area (Å²) in [6.45, 7) is 9.95. The molecule has 2 unspecified atom stereocenters. The van der Waals surface area contributed by atoms with Crippen LogP contribution >= 0.6 is 0 Å². The van der Waals surface area contributed by atoms with E-state index in [0.717, 1.165) is 12.8 Å². The second-order valence-corrected chi connectivity index (χ2v) is 7.39. The van der Waals surface area contributed by atoms with Gasteiger partial charge in [-0.25, -0.2) is 4.68 Å². The fraction of sp³-hybridized carbons (Fsp3) is 0.875. The molecule has 0 saturated carbocycles. The molecule has 1 aromatic rings. The van der Waals surface area contributed by atoms with Crippen LogP contribution in [0.5, 0.6) is 0 Å². The first kappa shape index (κ1) is 16.4. The summed E-state index contributed by atoms with van der Waals surface area (Å²) in [6, 6.07) is 0. The number of fused-ring (bicyclic) bond motifs is 1. The van der Waals surface area contributed by atoms with Crippen LogP contribution in [0.3, 0.4) is 0 Å². The van der Waals surface area contributed by atoms with Crippen LogP contribution in [-0.2, 0) is 17.9 Å². The van der Waals surface area contributed by atoms with Crippen molar-refractivity contribution < 1.29 is 8.78 Å². The molecule has 2 atom stereocenters. The van der Waals surface area contributed by atoms with Gasteiger partial charge in [0, 0.05) is 6.42 Å². The van der Waals surface area contributed by atoms with E-state index >= 15 is 0 Å². The quantitative estimate of drug-likeness (QED) is 0.804. The fourth-order valence-corrected chi connectivity index (χ4v) is 3.17. The monoisotopic (exact) mass is 299 g/mol. The highest BCUT2D eigenvalue weighted by atomic mass is 19.3. The minimum atomic E-state index is -2.84. The SMILES string of the molecule is CCC(C)C1CCc2nnn(C(C)(C)C)c2C(F)(F)CC1. The van der Waals surface area contributed by atoms with Gasteiger partial charge in [-0.05, 0) is 51.9 Å². The van der Waals surface area contributed by atoms with Gasteiger partial charge >= 0.3 is 0 Å². The number of hydrogen-bond acceptors (Lipinski definition) is 2. The van der Waals surface area contributed by atoms with Crippen molar-refractivity contribution in [2.45, 2.75) is 78.2 Å². The second kappa shape index (κ2) is 5.65. The van der Waals surface area contributed by atoms with Gasteiger partial charge in [0.05, 0.1) is 11.2 Å². The first-order valence-corrected chi connectivity index (χ1v) is 8.00. The number of aryl methyl sites for hydroxylation is 1. The summed E-state index contributed by atoms with van der Waals surface area (Å²) in [5.74, 6) is -1.99. The molecule has 21 heavy (non-hydrogen) atoms. The van der Waals surface area contributed by atoms with Crippen LogP contribution in [0, 0.1) is 11.8 Å². The summed E-state index contributed by atoms with van der Waals surface area (Å²) < 4.78 is 30.8. The smallest absolute Gasteiger partial charge is 0.238 e. The van der Waals surface area contributed by atoms with E-state index in [1.54, 1.807) is 0 Å². The molecular weight excluding hydrogens is 272 g/mol. The Morgan fingerprint density at radius 2 is 2.00 bits per heavy atom. The van der Waals surface area contributed by atoms with Crippen molar-refractivity contribution in [2.24, 2.45) is 11.8 Å². The van der Waals surface area contributed by atoms with Gasteiger partial charge in [-0.15, -0.1) is 5.10 Å². The van der Waals surface area contributed by atoms with Crippen molar-refractivity contribution in [1.29, 1.82) is 0 Å². The van der Waals surface area contributed by atoms with Crippen LogP contribution in [-0.4, -0.2) is 15.0 Å². The Bertz CT molecular complexity index is 488. The Morgan fingerprint density at radius 3 is 2.57 bits per heavy atom. The second-order valence-electron chi connectivity index (χ2n) is 7.39. The van der Waals surface area contributed by atoms with E-state index in [-0.39, 0.29) is 12.1 Å². The highest BCUT2D eigenvalue weighted by molar-refractivity contribution is 5.19. The molecule has 1 aliphatic carbocycles. The predicted octanol–water partition coefficient (Wildman–Crippen LogP) is 4.51. The van der Waals surface area contributed by atoms with E-state index in [2.05, 4.69) is 24.2 Å².